The maximum absolute atomic E-state index is 12.4. The van der Waals surface area contributed by atoms with Gasteiger partial charge in [-0.1, -0.05) is 30.3 Å². The average Bonchev–Trinajstić information content (AvgIpc) is 2.73. The highest BCUT2D eigenvalue weighted by molar-refractivity contribution is 6.03. The summed E-state index contributed by atoms with van der Waals surface area (Å²) in [7, 11) is 0. The van der Waals surface area contributed by atoms with E-state index < -0.39 is 0 Å². The van der Waals surface area contributed by atoms with Crippen molar-refractivity contribution in [1.82, 2.24) is 9.97 Å². The molecule has 6 nitrogen and oxygen atoms in total. The number of nitriles is 1. The first-order valence-corrected chi connectivity index (χ1v) is 9.01. The van der Waals surface area contributed by atoms with Crippen LogP contribution in [0.5, 0.6) is 0 Å². The Balaban J connectivity index is 1.71. The number of benzene rings is 2. The van der Waals surface area contributed by atoms with Crippen molar-refractivity contribution in [2.24, 2.45) is 0 Å². The Morgan fingerprint density at radius 2 is 1.71 bits per heavy atom. The van der Waals surface area contributed by atoms with Crippen molar-refractivity contribution in [2.45, 2.75) is 26.4 Å². The molecule has 0 fully saturated rings. The van der Waals surface area contributed by atoms with Gasteiger partial charge in [0.2, 0.25) is 5.95 Å². The van der Waals surface area contributed by atoms with Gasteiger partial charge in [0.1, 0.15) is 0 Å². The Hall–Kier alpha value is -3.72. The number of nitrogens with zero attached hydrogens (tertiary/aromatic N) is 4. The van der Waals surface area contributed by atoms with Gasteiger partial charge in [0.25, 0.3) is 5.91 Å². The second-order valence-corrected chi connectivity index (χ2v) is 6.62. The molecule has 0 unspecified atom stereocenters. The molecule has 28 heavy (non-hydrogen) atoms. The molecule has 2 aromatic carbocycles. The highest BCUT2D eigenvalue weighted by atomic mass is 16.1. The maximum atomic E-state index is 12.4. The average molecular weight is 371 g/mol. The van der Waals surface area contributed by atoms with Crippen molar-refractivity contribution in [1.29, 1.82) is 5.26 Å². The van der Waals surface area contributed by atoms with Gasteiger partial charge in [-0.3, -0.25) is 4.79 Å². The summed E-state index contributed by atoms with van der Waals surface area (Å²) < 4.78 is 0. The standard InChI is InChI=1S/C22H21N5O/c1-16(2)27(15-18-6-4-3-5-7-18)22-24-13-19(14-25-22)21(28)26-20-10-8-17(12-23)9-11-20/h3-11,13-14,16H,15H2,1-2H3,(H,26,28). The van der Waals surface area contributed by atoms with E-state index >= 15 is 0 Å². The van der Waals surface area contributed by atoms with Crippen LogP contribution in [-0.2, 0) is 6.54 Å². The minimum Gasteiger partial charge on any atom is -0.334 e. The summed E-state index contributed by atoms with van der Waals surface area (Å²) in [4.78, 5) is 23.3. The van der Waals surface area contributed by atoms with E-state index in [0.29, 0.717) is 29.3 Å². The monoisotopic (exact) mass is 371 g/mol. The SMILES string of the molecule is CC(C)N(Cc1ccccc1)c1ncc(C(=O)Nc2ccc(C#N)cc2)cn1. The third kappa shape index (κ3) is 4.71. The van der Waals surface area contributed by atoms with E-state index in [1.165, 1.54) is 18.0 Å². The highest BCUT2D eigenvalue weighted by Gasteiger charge is 2.15. The number of hydrogen-bond acceptors (Lipinski definition) is 5. The molecule has 3 rings (SSSR count). The zero-order valence-electron chi connectivity index (χ0n) is 15.8. The third-order valence-corrected chi connectivity index (χ3v) is 4.25. The Labute approximate surface area is 164 Å². The van der Waals surface area contributed by atoms with Crippen LogP contribution in [0.2, 0.25) is 0 Å². The molecule has 0 saturated heterocycles. The van der Waals surface area contributed by atoms with Gasteiger partial charge >= 0.3 is 0 Å². The van der Waals surface area contributed by atoms with Crippen LogP contribution < -0.4 is 10.2 Å². The number of rotatable bonds is 6. The number of aromatic nitrogens is 2. The number of carbonyl (C=O) groups is 1. The van der Waals surface area contributed by atoms with Crippen LogP contribution in [-0.4, -0.2) is 21.9 Å². The molecule has 1 heterocycles. The largest absolute Gasteiger partial charge is 0.334 e. The fourth-order valence-electron chi connectivity index (χ4n) is 2.68. The molecular formula is C22H21N5O. The van der Waals surface area contributed by atoms with Crippen LogP contribution >= 0.6 is 0 Å². The molecule has 0 radical (unpaired) electrons. The molecule has 0 aliphatic carbocycles. The Morgan fingerprint density at radius 1 is 1.07 bits per heavy atom. The van der Waals surface area contributed by atoms with Gasteiger partial charge in [0, 0.05) is 30.7 Å². The normalized spacial score (nSPS) is 10.4. The van der Waals surface area contributed by atoms with Crippen LogP contribution in [0, 0.1) is 11.3 Å². The van der Waals surface area contributed by atoms with Crippen molar-refractivity contribution in [3.05, 3.63) is 83.7 Å². The molecule has 0 aliphatic heterocycles. The van der Waals surface area contributed by atoms with Gasteiger partial charge in [0.15, 0.2) is 0 Å². The summed E-state index contributed by atoms with van der Waals surface area (Å²) in [6, 6.07) is 19.1. The van der Waals surface area contributed by atoms with Crippen LogP contribution in [0.15, 0.2) is 67.0 Å². The number of hydrogen-bond donors (Lipinski definition) is 1. The molecule has 0 atom stereocenters. The Kier molecular flexibility index (Phi) is 5.97. The molecule has 0 aliphatic rings. The summed E-state index contributed by atoms with van der Waals surface area (Å²) in [5.74, 6) is 0.282. The van der Waals surface area contributed by atoms with Gasteiger partial charge in [-0.2, -0.15) is 5.26 Å². The van der Waals surface area contributed by atoms with Crippen LogP contribution in [0.25, 0.3) is 0 Å². The number of amides is 1. The maximum Gasteiger partial charge on any atom is 0.258 e. The Morgan fingerprint density at radius 3 is 2.29 bits per heavy atom. The van der Waals surface area contributed by atoms with Crippen LogP contribution in [0.1, 0.15) is 35.3 Å². The summed E-state index contributed by atoms with van der Waals surface area (Å²) >= 11 is 0. The molecule has 140 valence electrons. The van der Waals surface area contributed by atoms with Crippen molar-refractivity contribution in [2.75, 3.05) is 10.2 Å². The molecule has 1 amide bonds. The molecule has 3 aromatic rings. The van der Waals surface area contributed by atoms with Crippen molar-refractivity contribution >= 4 is 17.5 Å². The van der Waals surface area contributed by atoms with E-state index in [2.05, 4.69) is 46.2 Å². The fraction of sp³-hybridized carbons (Fsp3) is 0.182. The van der Waals surface area contributed by atoms with E-state index in [1.807, 2.05) is 24.3 Å². The summed E-state index contributed by atoms with van der Waals surface area (Å²) in [6.07, 6.45) is 3.06. The van der Waals surface area contributed by atoms with Crippen LogP contribution in [0.3, 0.4) is 0 Å². The van der Waals surface area contributed by atoms with Gasteiger partial charge in [-0.25, -0.2) is 9.97 Å². The lowest BCUT2D eigenvalue weighted by molar-refractivity contribution is 0.102. The lowest BCUT2D eigenvalue weighted by Gasteiger charge is -2.26. The summed E-state index contributed by atoms with van der Waals surface area (Å²) in [6.45, 7) is 4.85. The van der Waals surface area contributed by atoms with E-state index in [-0.39, 0.29) is 11.9 Å². The number of anilines is 2. The van der Waals surface area contributed by atoms with E-state index in [4.69, 9.17) is 5.26 Å². The molecule has 6 heteroatoms. The molecule has 0 spiro atoms. The smallest absolute Gasteiger partial charge is 0.258 e. The summed E-state index contributed by atoms with van der Waals surface area (Å²) in [5.41, 5.74) is 2.69. The predicted molar refractivity (Wildman–Crippen MR) is 109 cm³/mol. The predicted octanol–water partition coefficient (Wildman–Crippen LogP) is 4.02. The zero-order valence-corrected chi connectivity index (χ0v) is 15.8. The molecule has 0 saturated carbocycles. The number of carbonyl (C=O) groups excluding carboxylic acids is 1. The van der Waals surface area contributed by atoms with Crippen molar-refractivity contribution in [3.8, 4) is 6.07 Å². The topological polar surface area (TPSA) is 81.9 Å². The first-order valence-electron chi connectivity index (χ1n) is 9.01. The van der Waals surface area contributed by atoms with Crippen LogP contribution in [0.4, 0.5) is 11.6 Å². The first-order chi connectivity index (χ1) is 13.6. The second-order valence-electron chi connectivity index (χ2n) is 6.62. The minimum atomic E-state index is -0.296. The van der Waals surface area contributed by atoms with Gasteiger partial charge in [0.05, 0.1) is 17.2 Å². The van der Waals surface area contributed by atoms with E-state index in [9.17, 15) is 4.79 Å². The van der Waals surface area contributed by atoms with E-state index in [1.54, 1.807) is 24.3 Å². The quantitative estimate of drug-likeness (QED) is 0.708. The zero-order chi connectivity index (χ0) is 19.9. The minimum absolute atomic E-state index is 0.207. The molecule has 1 N–H and O–H groups in total. The third-order valence-electron chi connectivity index (χ3n) is 4.25. The molecule has 0 bridgehead atoms. The van der Waals surface area contributed by atoms with Gasteiger partial charge < -0.3 is 10.2 Å². The summed E-state index contributed by atoms with van der Waals surface area (Å²) in [5, 5.41) is 11.6. The lowest BCUT2D eigenvalue weighted by Crippen LogP contribution is -2.31. The second kappa shape index (κ2) is 8.78. The van der Waals surface area contributed by atoms with Crippen molar-refractivity contribution < 1.29 is 4.79 Å². The Bertz CT molecular complexity index is 961. The van der Waals surface area contributed by atoms with Gasteiger partial charge in [-0.15, -0.1) is 0 Å². The molecular weight excluding hydrogens is 350 g/mol. The lowest BCUT2D eigenvalue weighted by atomic mass is 10.2. The van der Waals surface area contributed by atoms with Gasteiger partial charge in [-0.05, 0) is 43.7 Å². The first kappa shape index (κ1) is 19.1. The fourth-order valence-corrected chi connectivity index (χ4v) is 2.68. The molecule has 1 aromatic heterocycles. The number of nitrogens with one attached hydrogen (secondary N) is 1. The highest BCUT2D eigenvalue weighted by Crippen LogP contribution is 2.16. The van der Waals surface area contributed by atoms with Crippen molar-refractivity contribution in [3.63, 3.8) is 0 Å². The van der Waals surface area contributed by atoms with E-state index in [0.717, 1.165) is 0 Å².